The van der Waals surface area contributed by atoms with Crippen molar-refractivity contribution in [1.82, 2.24) is 5.06 Å². The zero-order chi connectivity index (χ0) is 10.5. The van der Waals surface area contributed by atoms with E-state index in [1.807, 2.05) is 33.8 Å². The van der Waals surface area contributed by atoms with Crippen molar-refractivity contribution in [3.05, 3.63) is 0 Å². The topological polar surface area (TPSA) is 36.3 Å². The van der Waals surface area contributed by atoms with E-state index in [2.05, 4.69) is 0 Å². The summed E-state index contributed by atoms with van der Waals surface area (Å²) in [6.07, 6.45) is 0.385. The summed E-state index contributed by atoms with van der Waals surface area (Å²) >= 11 is 6.09. The molecule has 0 aromatic carbocycles. The number of halogens is 1. The second kappa shape index (κ2) is 5.43. The number of nitrogens with zero attached hydrogens (tertiary/aromatic N) is 2. The van der Waals surface area contributed by atoms with Crippen LogP contribution in [0.3, 0.4) is 0 Å². The largest absolute Gasteiger partial charge is 0.296 e. The molecule has 0 aromatic heterocycles. The molecule has 0 bridgehead atoms. The maximum Gasteiger partial charge on any atom is 0.114 e. The number of rotatable bonds is 5. The van der Waals surface area contributed by atoms with Gasteiger partial charge in [0.25, 0.3) is 0 Å². The highest BCUT2D eigenvalue weighted by Gasteiger charge is 2.27. The van der Waals surface area contributed by atoms with E-state index < -0.39 is 5.00 Å². The third kappa shape index (κ3) is 5.09. The normalized spacial score (nSPS) is 12.2. The van der Waals surface area contributed by atoms with E-state index in [4.69, 9.17) is 21.7 Å². The summed E-state index contributed by atoms with van der Waals surface area (Å²) in [7, 11) is 0. The third-order valence-corrected chi connectivity index (χ3v) is 1.60. The Bertz CT molecular complexity index is 181. The summed E-state index contributed by atoms with van der Waals surface area (Å²) in [6.45, 7) is 8.11. The smallest absolute Gasteiger partial charge is 0.114 e. The first kappa shape index (κ1) is 12.7. The van der Waals surface area contributed by atoms with Crippen LogP contribution in [0.4, 0.5) is 0 Å². The van der Waals surface area contributed by atoms with Crippen LogP contribution < -0.4 is 0 Å². The van der Waals surface area contributed by atoms with Crippen LogP contribution in [0.15, 0.2) is 0 Å². The minimum absolute atomic E-state index is 0.200. The molecule has 0 spiro atoms. The summed E-state index contributed by atoms with van der Waals surface area (Å²) < 4.78 is 0. The van der Waals surface area contributed by atoms with Crippen LogP contribution in [0.1, 0.15) is 34.1 Å². The van der Waals surface area contributed by atoms with E-state index in [-0.39, 0.29) is 6.04 Å². The fourth-order valence-corrected chi connectivity index (χ4v) is 1.35. The van der Waals surface area contributed by atoms with Gasteiger partial charge in [0.2, 0.25) is 0 Å². The SMILES string of the molecule is CC(C)N(OCCC#N)C(C)(C)Cl. The number of hydroxylamine groups is 2. The Labute approximate surface area is 85.2 Å². The molecule has 0 amide bonds. The molecule has 0 saturated heterocycles. The molecule has 0 aliphatic rings. The fourth-order valence-electron chi connectivity index (χ4n) is 1.11. The maximum absolute atomic E-state index is 8.34. The summed E-state index contributed by atoms with van der Waals surface area (Å²) in [5.41, 5.74) is 0. The zero-order valence-electron chi connectivity index (χ0n) is 8.67. The lowest BCUT2D eigenvalue weighted by Crippen LogP contribution is -2.44. The van der Waals surface area contributed by atoms with Gasteiger partial charge in [0.1, 0.15) is 5.00 Å². The average Bonchev–Trinajstić information content (AvgIpc) is 1.94. The number of alkyl halides is 1. The molecule has 0 heterocycles. The van der Waals surface area contributed by atoms with Gasteiger partial charge in [0.15, 0.2) is 0 Å². The van der Waals surface area contributed by atoms with Gasteiger partial charge in [-0.25, -0.2) is 0 Å². The first-order valence-electron chi connectivity index (χ1n) is 4.37. The number of hydrogen-bond donors (Lipinski definition) is 0. The molecule has 0 fully saturated rings. The molecule has 13 heavy (non-hydrogen) atoms. The van der Waals surface area contributed by atoms with Gasteiger partial charge in [-0.3, -0.25) is 4.84 Å². The average molecular weight is 205 g/mol. The summed E-state index contributed by atoms with van der Waals surface area (Å²) in [5.74, 6) is 0. The van der Waals surface area contributed by atoms with Crippen LogP contribution in [0.2, 0.25) is 0 Å². The highest BCUT2D eigenvalue weighted by molar-refractivity contribution is 6.22. The van der Waals surface area contributed by atoms with E-state index in [1.54, 1.807) is 5.06 Å². The van der Waals surface area contributed by atoms with E-state index in [0.717, 1.165) is 0 Å². The summed E-state index contributed by atoms with van der Waals surface area (Å²) in [5, 5.41) is 10.0. The minimum atomic E-state index is -0.538. The molecule has 4 heteroatoms. The monoisotopic (exact) mass is 204 g/mol. The second-order valence-electron chi connectivity index (χ2n) is 3.57. The van der Waals surface area contributed by atoms with Crippen LogP contribution in [0.5, 0.6) is 0 Å². The Kier molecular flexibility index (Phi) is 5.31. The van der Waals surface area contributed by atoms with Crippen LogP contribution >= 0.6 is 11.6 Å². The summed E-state index contributed by atoms with van der Waals surface area (Å²) in [6, 6.07) is 2.22. The van der Waals surface area contributed by atoms with E-state index >= 15 is 0 Å². The van der Waals surface area contributed by atoms with E-state index in [9.17, 15) is 0 Å². The minimum Gasteiger partial charge on any atom is -0.296 e. The Hall–Kier alpha value is -0.300. The van der Waals surface area contributed by atoms with Gasteiger partial charge in [0.05, 0.1) is 19.1 Å². The first-order chi connectivity index (χ1) is 5.89. The third-order valence-electron chi connectivity index (χ3n) is 1.44. The molecule has 3 nitrogen and oxygen atoms in total. The van der Waals surface area contributed by atoms with Gasteiger partial charge in [-0.15, -0.1) is 11.6 Å². The van der Waals surface area contributed by atoms with Crippen molar-refractivity contribution < 1.29 is 4.84 Å². The molecule has 0 aliphatic heterocycles. The molecule has 0 N–H and O–H groups in total. The quantitative estimate of drug-likeness (QED) is 0.299. The molecule has 0 aromatic rings. The van der Waals surface area contributed by atoms with Crippen molar-refractivity contribution in [2.75, 3.05) is 6.61 Å². The van der Waals surface area contributed by atoms with Crippen LogP contribution in [-0.4, -0.2) is 22.7 Å². The van der Waals surface area contributed by atoms with Gasteiger partial charge in [0, 0.05) is 6.04 Å². The predicted molar refractivity (Wildman–Crippen MR) is 53.1 cm³/mol. The van der Waals surface area contributed by atoms with Gasteiger partial charge in [-0.05, 0) is 27.7 Å². The zero-order valence-corrected chi connectivity index (χ0v) is 9.43. The summed E-state index contributed by atoms with van der Waals surface area (Å²) in [4.78, 5) is 4.85. The van der Waals surface area contributed by atoms with E-state index in [0.29, 0.717) is 13.0 Å². The fraction of sp³-hybridized carbons (Fsp3) is 0.889. The van der Waals surface area contributed by atoms with Crippen molar-refractivity contribution in [2.45, 2.75) is 45.2 Å². The second-order valence-corrected chi connectivity index (χ2v) is 4.50. The predicted octanol–water partition coefficient (Wildman–Crippen LogP) is 2.52. The Balaban J connectivity index is 4.06. The Morgan fingerprint density at radius 2 is 2.08 bits per heavy atom. The lowest BCUT2D eigenvalue weighted by atomic mass is 10.3. The highest BCUT2D eigenvalue weighted by atomic mass is 35.5. The lowest BCUT2D eigenvalue weighted by Gasteiger charge is -2.35. The van der Waals surface area contributed by atoms with Crippen molar-refractivity contribution in [3.8, 4) is 6.07 Å². The molecule has 76 valence electrons. The molecule has 0 rings (SSSR count). The highest BCUT2D eigenvalue weighted by Crippen LogP contribution is 2.22. The molecule has 0 saturated carbocycles. The molecular weight excluding hydrogens is 188 g/mol. The van der Waals surface area contributed by atoms with Crippen molar-refractivity contribution in [3.63, 3.8) is 0 Å². The molecule has 0 unspecified atom stereocenters. The maximum atomic E-state index is 8.34. The molecule has 0 atom stereocenters. The van der Waals surface area contributed by atoms with Crippen LogP contribution in [0.25, 0.3) is 0 Å². The van der Waals surface area contributed by atoms with Crippen molar-refractivity contribution in [1.29, 1.82) is 5.26 Å². The molecule has 0 aliphatic carbocycles. The number of nitriles is 1. The van der Waals surface area contributed by atoms with Gasteiger partial charge in [-0.2, -0.15) is 10.3 Å². The molecule has 0 radical (unpaired) electrons. The first-order valence-corrected chi connectivity index (χ1v) is 4.75. The molecular formula is C9H17ClN2O. The van der Waals surface area contributed by atoms with E-state index in [1.165, 1.54) is 0 Å². The van der Waals surface area contributed by atoms with Crippen LogP contribution in [0, 0.1) is 11.3 Å². The van der Waals surface area contributed by atoms with Crippen molar-refractivity contribution in [2.24, 2.45) is 0 Å². The lowest BCUT2D eigenvalue weighted by molar-refractivity contribution is -0.210. The van der Waals surface area contributed by atoms with Crippen molar-refractivity contribution >= 4 is 11.6 Å². The van der Waals surface area contributed by atoms with Gasteiger partial charge < -0.3 is 0 Å². The Morgan fingerprint density at radius 3 is 2.38 bits per heavy atom. The Morgan fingerprint density at radius 1 is 1.54 bits per heavy atom. The van der Waals surface area contributed by atoms with Crippen LogP contribution in [-0.2, 0) is 4.84 Å². The van der Waals surface area contributed by atoms with Gasteiger partial charge in [-0.1, -0.05) is 0 Å². The number of hydrogen-bond acceptors (Lipinski definition) is 3. The van der Waals surface area contributed by atoms with Gasteiger partial charge >= 0.3 is 0 Å². The standard InChI is InChI=1S/C9H17ClN2O/c1-8(2)12(9(3,4)10)13-7-5-6-11/h8H,5,7H2,1-4H3.